The van der Waals surface area contributed by atoms with Gasteiger partial charge in [-0.1, -0.05) is 29.0 Å². The first kappa shape index (κ1) is 22.2. The molecular weight excluding hydrogens is 450 g/mol. The number of piperazine rings is 1. The maximum atomic E-state index is 12.8. The topological polar surface area (TPSA) is 80.0 Å². The van der Waals surface area contributed by atoms with Crippen LogP contribution < -0.4 is 10.3 Å². The van der Waals surface area contributed by atoms with E-state index in [1.807, 2.05) is 60.4 Å². The van der Waals surface area contributed by atoms with E-state index >= 15 is 0 Å². The number of aryl methyl sites for hydroxylation is 1. The lowest BCUT2D eigenvalue weighted by atomic mass is 10.1. The summed E-state index contributed by atoms with van der Waals surface area (Å²) in [6, 6.07) is 16.8. The van der Waals surface area contributed by atoms with Crippen molar-refractivity contribution < 1.29 is 9.53 Å². The van der Waals surface area contributed by atoms with Crippen molar-refractivity contribution in [2.75, 3.05) is 33.3 Å². The highest BCUT2D eigenvalue weighted by molar-refractivity contribution is 7.19. The zero-order valence-electron chi connectivity index (χ0n) is 19.1. The normalized spacial score (nSPS) is 14.5. The number of amides is 1. The van der Waals surface area contributed by atoms with Crippen LogP contribution in [0.4, 0.5) is 0 Å². The number of fused-ring (bicyclic) bond motifs is 1. The van der Waals surface area contributed by atoms with Crippen molar-refractivity contribution in [1.29, 1.82) is 0 Å². The van der Waals surface area contributed by atoms with Gasteiger partial charge in [0.2, 0.25) is 4.96 Å². The summed E-state index contributed by atoms with van der Waals surface area (Å²) in [5.74, 6) is 0.833. The minimum Gasteiger partial charge on any atom is -0.497 e. The van der Waals surface area contributed by atoms with Gasteiger partial charge in [-0.05, 0) is 43.3 Å². The summed E-state index contributed by atoms with van der Waals surface area (Å²) in [5.41, 5.74) is 3.24. The minimum absolute atomic E-state index is 0.0665. The van der Waals surface area contributed by atoms with E-state index in [2.05, 4.69) is 10.00 Å². The number of nitrogens with zero attached hydrogens (tertiary/aromatic N) is 5. The van der Waals surface area contributed by atoms with Crippen molar-refractivity contribution in [3.05, 3.63) is 81.8 Å². The van der Waals surface area contributed by atoms with Gasteiger partial charge < -0.3 is 9.64 Å². The van der Waals surface area contributed by atoms with E-state index in [9.17, 15) is 9.59 Å². The molecule has 1 fully saturated rings. The van der Waals surface area contributed by atoms with Crippen LogP contribution in [0.2, 0.25) is 0 Å². The Morgan fingerprint density at radius 3 is 2.53 bits per heavy atom. The molecule has 0 aliphatic carbocycles. The monoisotopic (exact) mass is 475 g/mol. The van der Waals surface area contributed by atoms with Crippen LogP contribution in [0.5, 0.6) is 5.75 Å². The SMILES string of the molecule is COc1ccc(-c2nn3c(=O)cc(CN4CCN(C(=O)c5cccc(C)c5)CC4)nc3s2)cc1. The molecule has 0 N–H and O–H groups in total. The van der Waals surface area contributed by atoms with E-state index in [4.69, 9.17) is 9.72 Å². The lowest BCUT2D eigenvalue weighted by molar-refractivity contribution is 0.0627. The number of benzene rings is 2. The van der Waals surface area contributed by atoms with Crippen LogP contribution in [0, 0.1) is 6.92 Å². The van der Waals surface area contributed by atoms with Crippen molar-refractivity contribution in [3.8, 4) is 16.3 Å². The average molecular weight is 476 g/mol. The van der Waals surface area contributed by atoms with E-state index in [1.165, 1.54) is 15.9 Å². The molecule has 9 heteroatoms. The molecule has 0 saturated carbocycles. The highest BCUT2D eigenvalue weighted by Crippen LogP contribution is 2.26. The molecule has 3 heterocycles. The standard InChI is InChI=1S/C25H25N5O3S/c1-17-4-3-5-19(14-17)24(32)29-12-10-28(11-13-29)16-20-15-22(31)30-25(26-20)34-23(27-30)18-6-8-21(33-2)9-7-18/h3-9,14-15H,10-13,16H2,1-2H3. The molecule has 8 nitrogen and oxygen atoms in total. The van der Waals surface area contributed by atoms with Crippen molar-refractivity contribution in [2.45, 2.75) is 13.5 Å². The summed E-state index contributed by atoms with van der Waals surface area (Å²) in [7, 11) is 1.62. The Kier molecular flexibility index (Phi) is 6.12. The Morgan fingerprint density at radius 1 is 1.06 bits per heavy atom. The van der Waals surface area contributed by atoms with Gasteiger partial charge in [0.15, 0.2) is 0 Å². The number of hydrogen-bond donors (Lipinski definition) is 0. The molecule has 0 atom stereocenters. The van der Waals surface area contributed by atoms with Crippen LogP contribution in [0.3, 0.4) is 0 Å². The van der Waals surface area contributed by atoms with Crippen LogP contribution in [0.1, 0.15) is 21.6 Å². The maximum Gasteiger partial charge on any atom is 0.275 e. The largest absolute Gasteiger partial charge is 0.497 e. The Labute approximate surface area is 201 Å². The summed E-state index contributed by atoms with van der Waals surface area (Å²) in [5, 5.41) is 5.18. The van der Waals surface area contributed by atoms with Gasteiger partial charge in [-0.25, -0.2) is 4.98 Å². The van der Waals surface area contributed by atoms with E-state index in [0.717, 1.165) is 40.5 Å². The number of ether oxygens (including phenoxy) is 1. The summed E-state index contributed by atoms with van der Waals surface area (Å²) < 4.78 is 6.56. The lowest BCUT2D eigenvalue weighted by Crippen LogP contribution is -2.48. The average Bonchev–Trinajstić information content (AvgIpc) is 3.29. The molecule has 1 aliphatic rings. The first-order valence-corrected chi connectivity index (χ1v) is 11.9. The summed E-state index contributed by atoms with van der Waals surface area (Å²) in [4.78, 5) is 34.9. The summed E-state index contributed by atoms with van der Waals surface area (Å²) in [6.45, 7) is 5.32. The van der Waals surface area contributed by atoms with Gasteiger partial charge in [0.25, 0.3) is 11.5 Å². The predicted octanol–water partition coefficient (Wildman–Crippen LogP) is 3.09. The Morgan fingerprint density at radius 2 is 1.82 bits per heavy atom. The molecule has 0 radical (unpaired) electrons. The molecule has 0 unspecified atom stereocenters. The van der Waals surface area contributed by atoms with Crippen molar-refractivity contribution in [2.24, 2.45) is 0 Å². The van der Waals surface area contributed by atoms with E-state index < -0.39 is 0 Å². The van der Waals surface area contributed by atoms with Crippen molar-refractivity contribution in [1.82, 2.24) is 24.4 Å². The Bertz CT molecular complexity index is 1390. The second-order valence-electron chi connectivity index (χ2n) is 8.35. The van der Waals surface area contributed by atoms with Gasteiger partial charge in [-0.2, -0.15) is 9.61 Å². The first-order valence-electron chi connectivity index (χ1n) is 11.1. The molecule has 1 saturated heterocycles. The highest BCUT2D eigenvalue weighted by atomic mass is 32.1. The summed E-state index contributed by atoms with van der Waals surface area (Å²) in [6.07, 6.45) is 0. The van der Waals surface area contributed by atoms with Crippen LogP contribution in [0.25, 0.3) is 15.5 Å². The maximum absolute atomic E-state index is 12.8. The molecule has 174 valence electrons. The second-order valence-corrected chi connectivity index (χ2v) is 9.31. The molecule has 0 spiro atoms. The smallest absolute Gasteiger partial charge is 0.275 e. The number of hydrogen-bond acceptors (Lipinski definition) is 7. The fourth-order valence-electron chi connectivity index (χ4n) is 4.09. The first-order chi connectivity index (χ1) is 16.5. The van der Waals surface area contributed by atoms with Crippen LogP contribution in [-0.4, -0.2) is 63.6 Å². The fourth-order valence-corrected chi connectivity index (χ4v) is 5.02. The van der Waals surface area contributed by atoms with Crippen LogP contribution in [-0.2, 0) is 6.54 Å². The molecule has 2 aromatic heterocycles. The van der Waals surface area contributed by atoms with Crippen LogP contribution >= 0.6 is 11.3 Å². The second kappa shape index (κ2) is 9.36. The number of aromatic nitrogens is 3. The third-order valence-electron chi connectivity index (χ3n) is 5.95. The summed E-state index contributed by atoms with van der Waals surface area (Å²) >= 11 is 1.39. The van der Waals surface area contributed by atoms with Crippen LogP contribution in [0.15, 0.2) is 59.4 Å². The third-order valence-corrected chi connectivity index (χ3v) is 6.90. The Hall–Kier alpha value is -3.56. The molecular formula is C25H25N5O3S. The van der Waals surface area contributed by atoms with Gasteiger partial charge in [0.1, 0.15) is 10.8 Å². The molecule has 4 aromatic rings. The lowest BCUT2D eigenvalue weighted by Gasteiger charge is -2.34. The van der Waals surface area contributed by atoms with Gasteiger partial charge in [-0.15, -0.1) is 0 Å². The molecule has 5 rings (SSSR count). The number of rotatable bonds is 5. The molecule has 34 heavy (non-hydrogen) atoms. The molecule has 1 aliphatic heterocycles. The number of carbonyl (C=O) groups is 1. The third kappa shape index (κ3) is 4.57. The van der Waals surface area contributed by atoms with Gasteiger partial charge in [0, 0.05) is 49.9 Å². The van der Waals surface area contributed by atoms with Gasteiger partial charge in [0.05, 0.1) is 12.8 Å². The van der Waals surface area contributed by atoms with E-state index in [1.54, 1.807) is 13.2 Å². The van der Waals surface area contributed by atoms with Gasteiger partial charge >= 0.3 is 0 Å². The van der Waals surface area contributed by atoms with E-state index in [-0.39, 0.29) is 11.5 Å². The predicted molar refractivity (Wildman–Crippen MR) is 131 cm³/mol. The number of carbonyl (C=O) groups excluding carboxylic acids is 1. The highest BCUT2D eigenvalue weighted by Gasteiger charge is 2.23. The minimum atomic E-state index is -0.190. The number of methoxy groups -OCH3 is 1. The molecule has 0 bridgehead atoms. The zero-order valence-corrected chi connectivity index (χ0v) is 19.9. The van der Waals surface area contributed by atoms with E-state index in [0.29, 0.717) is 30.3 Å². The zero-order chi connectivity index (χ0) is 23.7. The quantitative estimate of drug-likeness (QED) is 0.441. The molecule has 2 aromatic carbocycles. The fraction of sp³-hybridized carbons (Fsp3) is 0.280. The van der Waals surface area contributed by atoms with Crippen molar-refractivity contribution >= 4 is 22.2 Å². The molecule has 1 amide bonds. The Balaban J connectivity index is 1.27. The van der Waals surface area contributed by atoms with Crippen molar-refractivity contribution in [3.63, 3.8) is 0 Å². The van der Waals surface area contributed by atoms with Gasteiger partial charge in [-0.3, -0.25) is 14.5 Å².